The van der Waals surface area contributed by atoms with Gasteiger partial charge in [-0.25, -0.2) is 4.68 Å². The molecule has 0 atom stereocenters. The third-order valence-electron chi connectivity index (χ3n) is 3.34. The maximum atomic E-state index is 11.1. The SMILES string of the molecule is CCCNCc1ccn(-c2cc([N+](=O)[O-])c(C)cc2C)n1. The summed E-state index contributed by atoms with van der Waals surface area (Å²) in [5.74, 6) is 0. The summed E-state index contributed by atoms with van der Waals surface area (Å²) >= 11 is 0. The van der Waals surface area contributed by atoms with Gasteiger partial charge in [0, 0.05) is 24.4 Å². The maximum absolute atomic E-state index is 11.1. The Labute approximate surface area is 123 Å². The smallest absolute Gasteiger partial charge is 0.274 e. The van der Waals surface area contributed by atoms with E-state index in [1.54, 1.807) is 17.7 Å². The average Bonchev–Trinajstić information content (AvgIpc) is 2.87. The number of nitrogens with one attached hydrogen (secondary N) is 1. The maximum Gasteiger partial charge on any atom is 0.274 e. The number of nitro groups is 1. The van der Waals surface area contributed by atoms with Crippen LogP contribution in [0.15, 0.2) is 24.4 Å². The third kappa shape index (κ3) is 3.46. The van der Waals surface area contributed by atoms with Crippen LogP contribution in [0.1, 0.15) is 30.2 Å². The second kappa shape index (κ2) is 6.49. The molecule has 0 aliphatic carbocycles. The summed E-state index contributed by atoms with van der Waals surface area (Å²) in [7, 11) is 0. The minimum atomic E-state index is -0.356. The quantitative estimate of drug-likeness (QED) is 0.504. The van der Waals surface area contributed by atoms with Crippen molar-refractivity contribution in [3.63, 3.8) is 0 Å². The fourth-order valence-electron chi connectivity index (χ4n) is 2.26. The first-order valence-electron chi connectivity index (χ1n) is 7.04. The van der Waals surface area contributed by atoms with Gasteiger partial charge in [0.1, 0.15) is 0 Å². The second-order valence-corrected chi connectivity index (χ2v) is 5.11. The van der Waals surface area contributed by atoms with Crippen molar-refractivity contribution in [2.24, 2.45) is 0 Å². The Bertz CT molecular complexity index is 649. The van der Waals surface area contributed by atoms with Gasteiger partial charge in [0.25, 0.3) is 5.69 Å². The molecule has 1 heterocycles. The lowest BCUT2D eigenvalue weighted by Crippen LogP contribution is -2.14. The van der Waals surface area contributed by atoms with E-state index in [-0.39, 0.29) is 10.6 Å². The van der Waals surface area contributed by atoms with E-state index in [2.05, 4.69) is 17.3 Å². The van der Waals surface area contributed by atoms with Gasteiger partial charge in [-0.15, -0.1) is 0 Å². The predicted molar refractivity (Wildman–Crippen MR) is 81.7 cm³/mol. The zero-order chi connectivity index (χ0) is 15.4. The van der Waals surface area contributed by atoms with Crippen LogP contribution in [-0.4, -0.2) is 21.2 Å². The summed E-state index contributed by atoms with van der Waals surface area (Å²) in [6, 6.07) is 5.33. The first-order chi connectivity index (χ1) is 10.0. The van der Waals surface area contributed by atoms with Crippen molar-refractivity contribution in [1.82, 2.24) is 15.1 Å². The highest BCUT2D eigenvalue weighted by atomic mass is 16.6. The molecular weight excluding hydrogens is 268 g/mol. The molecule has 1 aromatic heterocycles. The van der Waals surface area contributed by atoms with Crippen molar-refractivity contribution in [2.75, 3.05) is 6.54 Å². The van der Waals surface area contributed by atoms with Gasteiger partial charge in [-0.1, -0.05) is 6.92 Å². The Morgan fingerprint density at radius 2 is 2.10 bits per heavy atom. The summed E-state index contributed by atoms with van der Waals surface area (Å²) in [5.41, 5.74) is 3.42. The molecule has 112 valence electrons. The van der Waals surface area contributed by atoms with E-state index in [0.717, 1.165) is 29.9 Å². The van der Waals surface area contributed by atoms with Gasteiger partial charge in [0.2, 0.25) is 0 Å². The van der Waals surface area contributed by atoms with Crippen LogP contribution < -0.4 is 5.32 Å². The Morgan fingerprint density at radius 3 is 2.76 bits per heavy atom. The van der Waals surface area contributed by atoms with E-state index >= 15 is 0 Å². The molecule has 0 unspecified atom stereocenters. The van der Waals surface area contributed by atoms with Crippen molar-refractivity contribution >= 4 is 5.69 Å². The van der Waals surface area contributed by atoms with Gasteiger partial charge in [0.15, 0.2) is 0 Å². The van der Waals surface area contributed by atoms with Crippen molar-refractivity contribution in [2.45, 2.75) is 33.7 Å². The van der Waals surface area contributed by atoms with Crippen molar-refractivity contribution < 1.29 is 4.92 Å². The first-order valence-corrected chi connectivity index (χ1v) is 7.04. The zero-order valence-corrected chi connectivity index (χ0v) is 12.6. The lowest BCUT2D eigenvalue weighted by Gasteiger charge is -2.08. The van der Waals surface area contributed by atoms with E-state index < -0.39 is 0 Å². The first kappa shape index (κ1) is 15.2. The van der Waals surface area contributed by atoms with Gasteiger partial charge in [-0.3, -0.25) is 10.1 Å². The van der Waals surface area contributed by atoms with E-state index in [9.17, 15) is 10.1 Å². The molecule has 0 saturated heterocycles. The Hall–Kier alpha value is -2.21. The Kier molecular flexibility index (Phi) is 4.70. The Morgan fingerprint density at radius 1 is 1.33 bits per heavy atom. The highest BCUT2D eigenvalue weighted by Crippen LogP contribution is 2.25. The number of rotatable bonds is 6. The summed E-state index contributed by atoms with van der Waals surface area (Å²) in [6.07, 6.45) is 2.91. The van der Waals surface area contributed by atoms with Crippen LogP contribution in [0.4, 0.5) is 5.69 Å². The van der Waals surface area contributed by atoms with E-state index in [4.69, 9.17) is 0 Å². The van der Waals surface area contributed by atoms with E-state index in [0.29, 0.717) is 12.1 Å². The number of aromatic nitrogens is 2. The largest absolute Gasteiger partial charge is 0.311 e. The fraction of sp³-hybridized carbons (Fsp3) is 0.400. The zero-order valence-electron chi connectivity index (χ0n) is 12.6. The number of nitrogens with zero attached hydrogens (tertiary/aromatic N) is 3. The number of benzene rings is 1. The molecular formula is C15H20N4O2. The van der Waals surface area contributed by atoms with Crippen LogP contribution in [0, 0.1) is 24.0 Å². The topological polar surface area (TPSA) is 73.0 Å². The van der Waals surface area contributed by atoms with Crippen LogP contribution in [0.25, 0.3) is 5.69 Å². The number of nitro benzene ring substituents is 1. The molecule has 0 aliphatic heterocycles. The molecule has 0 amide bonds. The molecule has 0 bridgehead atoms. The number of hydrogen-bond acceptors (Lipinski definition) is 4. The minimum absolute atomic E-state index is 0.122. The van der Waals surface area contributed by atoms with Crippen LogP contribution >= 0.6 is 0 Å². The van der Waals surface area contributed by atoms with Gasteiger partial charge in [-0.2, -0.15) is 5.10 Å². The van der Waals surface area contributed by atoms with Gasteiger partial charge >= 0.3 is 0 Å². The Balaban J connectivity index is 2.29. The predicted octanol–water partition coefficient (Wildman–Crippen LogP) is 2.90. The molecule has 21 heavy (non-hydrogen) atoms. The molecule has 6 nitrogen and oxygen atoms in total. The molecule has 6 heteroatoms. The molecule has 1 N–H and O–H groups in total. The van der Waals surface area contributed by atoms with Crippen molar-refractivity contribution in [1.29, 1.82) is 0 Å². The summed E-state index contributed by atoms with van der Waals surface area (Å²) < 4.78 is 1.70. The lowest BCUT2D eigenvalue weighted by atomic mass is 10.1. The van der Waals surface area contributed by atoms with Crippen molar-refractivity contribution in [3.8, 4) is 5.69 Å². The van der Waals surface area contributed by atoms with Crippen LogP contribution in [-0.2, 0) is 6.54 Å². The molecule has 0 aliphatic rings. The summed E-state index contributed by atoms with van der Waals surface area (Å²) in [4.78, 5) is 10.7. The summed E-state index contributed by atoms with van der Waals surface area (Å²) in [6.45, 7) is 7.44. The van der Waals surface area contributed by atoms with Crippen LogP contribution in [0.2, 0.25) is 0 Å². The van der Waals surface area contributed by atoms with E-state index in [1.807, 2.05) is 25.3 Å². The normalized spacial score (nSPS) is 10.8. The minimum Gasteiger partial charge on any atom is -0.311 e. The number of aryl methyl sites for hydroxylation is 2. The monoisotopic (exact) mass is 288 g/mol. The molecule has 0 spiro atoms. The standard InChI is InChI=1S/C15H20N4O2/c1-4-6-16-10-13-5-7-18(17-13)14-9-15(19(20)21)12(3)8-11(14)2/h5,7-9,16H,4,6,10H2,1-3H3. The highest BCUT2D eigenvalue weighted by Gasteiger charge is 2.15. The molecule has 0 radical (unpaired) electrons. The molecule has 2 aromatic rings. The lowest BCUT2D eigenvalue weighted by molar-refractivity contribution is -0.385. The third-order valence-corrected chi connectivity index (χ3v) is 3.34. The fourth-order valence-corrected chi connectivity index (χ4v) is 2.26. The van der Waals surface area contributed by atoms with Gasteiger partial charge < -0.3 is 5.32 Å². The molecule has 0 saturated carbocycles. The van der Waals surface area contributed by atoms with Crippen molar-refractivity contribution in [3.05, 3.63) is 51.3 Å². The highest BCUT2D eigenvalue weighted by molar-refractivity contribution is 5.53. The second-order valence-electron chi connectivity index (χ2n) is 5.11. The molecule has 2 rings (SSSR count). The van der Waals surface area contributed by atoms with E-state index in [1.165, 1.54) is 0 Å². The molecule has 0 fully saturated rings. The van der Waals surface area contributed by atoms with Gasteiger partial charge in [-0.05, 0) is 44.5 Å². The van der Waals surface area contributed by atoms with Crippen LogP contribution in [0.5, 0.6) is 0 Å². The molecule has 1 aromatic carbocycles. The van der Waals surface area contributed by atoms with Crippen LogP contribution in [0.3, 0.4) is 0 Å². The average molecular weight is 288 g/mol. The van der Waals surface area contributed by atoms with Gasteiger partial charge in [0.05, 0.1) is 16.3 Å². The summed E-state index contributed by atoms with van der Waals surface area (Å²) in [5, 5.41) is 18.8. The number of hydrogen-bond donors (Lipinski definition) is 1.